The van der Waals surface area contributed by atoms with Gasteiger partial charge in [0.05, 0.1) is 42.7 Å². The van der Waals surface area contributed by atoms with Gasteiger partial charge in [-0.05, 0) is 136 Å². The molecule has 0 fully saturated rings. The van der Waals surface area contributed by atoms with Crippen molar-refractivity contribution < 1.29 is 0 Å². The van der Waals surface area contributed by atoms with E-state index in [9.17, 15) is 10.5 Å². The van der Waals surface area contributed by atoms with E-state index in [2.05, 4.69) is 185 Å². The molecule has 0 N–H and O–H groups in total. The van der Waals surface area contributed by atoms with Gasteiger partial charge in [-0.25, -0.2) is 0 Å². The Kier molecular flexibility index (Phi) is 9.60. The normalized spacial score (nSPS) is 11.8. The molecule has 0 aliphatic heterocycles. The lowest BCUT2D eigenvalue weighted by Crippen LogP contribution is -2.37. The van der Waals surface area contributed by atoms with Gasteiger partial charge in [0, 0.05) is 33.5 Å². The molecular formula is C52H48N4Si. The van der Waals surface area contributed by atoms with E-state index in [4.69, 9.17) is 0 Å². The number of nitriles is 2. The SMILES string of the molecule is Cc1ccc(N(c2ccc(C#N)cc2)c2cc(C(C)C)c3ccc4c(N(c5ccc(C#N)cc5)c5ccc([Si](C)(C)C)cc5)cc(C(C)C)c5ccc2c3c54)cc1. The zero-order chi connectivity index (χ0) is 40.2. The summed E-state index contributed by atoms with van der Waals surface area (Å²) in [7, 11) is -1.53. The van der Waals surface area contributed by atoms with Crippen molar-refractivity contribution in [3.05, 3.63) is 161 Å². The predicted molar refractivity (Wildman–Crippen MR) is 245 cm³/mol. The van der Waals surface area contributed by atoms with Gasteiger partial charge in [0.2, 0.25) is 0 Å². The van der Waals surface area contributed by atoms with Crippen molar-refractivity contribution in [3.63, 3.8) is 0 Å². The Morgan fingerprint density at radius 3 is 1.12 bits per heavy atom. The molecule has 0 spiro atoms. The number of benzene rings is 8. The van der Waals surface area contributed by atoms with E-state index in [0.717, 1.165) is 34.1 Å². The zero-order valence-corrected chi connectivity index (χ0v) is 35.1. The highest BCUT2D eigenvalue weighted by Crippen LogP contribution is 2.51. The summed E-state index contributed by atoms with van der Waals surface area (Å²) < 4.78 is 0. The zero-order valence-electron chi connectivity index (χ0n) is 34.1. The molecule has 57 heavy (non-hydrogen) atoms. The summed E-state index contributed by atoms with van der Waals surface area (Å²) >= 11 is 0. The molecule has 8 rings (SSSR count). The van der Waals surface area contributed by atoms with Gasteiger partial charge in [-0.3, -0.25) is 0 Å². The average Bonchev–Trinajstić information content (AvgIpc) is 3.21. The van der Waals surface area contributed by atoms with Crippen LogP contribution in [0.5, 0.6) is 0 Å². The third kappa shape index (κ3) is 6.69. The van der Waals surface area contributed by atoms with Gasteiger partial charge in [0.1, 0.15) is 0 Å². The lowest BCUT2D eigenvalue weighted by atomic mass is 9.84. The maximum absolute atomic E-state index is 9.73. The van der Waals surface area contributed by atoms with E-state index in [1.165, 1.54) is 54.2 Å². The maximum atomic E-state index is 9.73. The summed E-state index contributed by atoms with van der Waals surface area (Å²) in [5.74, 6) is 0.523. The smallest absolute Gasteiger partial charge is 0.0991 e. The first-order valence-electron chi connectivity index (χ1n) is 19.9. The molecule has 0 amide bonds. The second-order valence-corrected chi connectivity index (χ2v) is 22.0. The first-order chi connectivity index (χ1) is 27.4. The monoisotopic (exact) mass is 756 g/mol. The molecule has 0 aromatic heterocycles. The van der Waals surface area contributed by atoms with Crippen molar-refractivity contribution in [2.75, 3.05) is 9.80 Å². The number of nitrogens with zero attached hydrogens (tertiary/aromatic N) is 4. The van der Waals surface area contributed by atoms with Crippen LogP contribution < -0.4 is 15.0 Å². The molecule has 5 heteroatoms. The standard InChI is InChI=1S/C52H48N4Si/c1-33(2)47-29-49(55(38-15-9-35(5)10-16-38)39-17-11-36(31-53)12-18-39)45-27-25-44-48(34(3)4)30-50(46-28-26-43(47)51(45)52(44)46)56(40-19-13-37(32-54)14-20-40)41-21-23-42(24-22-41)57(6,7)8/h9-30,33-34H,1-8H3. The second-order valence-electron chi connectivity index (χ2n) is 17.0. The van der Waals surface area contributed by atoms with Crippen LogP contribution in [0.25, 0.3) is 32.3 Å². The van der Waals surface area contributed by atoms with Gasteiger partial charge < -0.3 is 9.80 Å². The molecule has 0 aliphatic rings. The highest BCUT2D eigenvalue weighted by Gasteiger charge is 2.26. The van der Waals surface area contributed by atoms with Crippen molar-refractivity contribution in [3.8, 4) is 12.1 Å². The van der Waals surface area contributed by atoms with Gasteiger partial charge in [-0.1, -0.05) is 107 Å². The summed E-state index contributed by atoms with van der Waals surface area (Å²) in [6, 6.07) is 52.5. The van der Waals surface area contributed by atoms with Gasteiger partial charge >= 0.3 is 0 Å². The molecule has 0 saturated carbocycles. The predicted octanol–water partition coefficient (Wildman–Crippen LogP) is 14.4. The second kappa shape index (κ2) is 14.6. The molecule has 280 valence electrons. The van der Waals surface area contributed by atoms with E-state index in [-0.39, 0.29) is 11.8 Å². The van der Waals surface area contributed by atoms with E-state index in [0.29, 0.717) is 11.1 Å². The molecule has 0 atom stereocenters. The van der Waals surface area contributed by atoms with Crippen LogP contribution >= 0.6 is 0 Å². The fourth-order valence-electron chi connectivity index (χ4n) is 8.36. The quantitative estimate of drug-likeness (QED) is 0.109. The number of hydrogen-bond donors (Lipinski definition) is 0. The molecule has 4 nitrogen and oxygen atoms in total. The van der Waals surface area contributed by atoms with E-state index in [1.54, 1.807) is 0 Å². The number of anilines is 6. The Morgan fingerprint density at radius 2 is 0.789 bits per heavy atom. The summed E-state index contributed by atoms with van der Waals surface area (Å²) in [5.41, 5.74) is 11.4. The third-order valence-corrected chi connectivity index (χ3v) is 13.5. The largest absolute Gasteiger partial charge is 0.310 e. The average molecular weight is 757 g/mol. The molecule has 0 bridgehead atoms. The fourth-order valence-corrected chi connectivity index (χ4v) is 9.53. The van der Waals surface area contributed by atoms with Gasteiger partial charge in [-0.2, -0.15) is 10.5 Å². The first kappa shape index (κ1) is 37.5. The van der Waals surface area contributed by atoms with Crippen LogP contribution in [0.1, 0.15) is 67.3 Å². The van der Waals surface area contributed by atoms with Gasteiger partial charge in [0.15, 0.2) is 0 Å². The van der Waals surface area contributed by atoms with Gasteiger partial charge in [-0.15, -0.1) is 0 Å². The van der Waals surface area contributed by atoms with Crippen molar-refractivity contribution in [1.82, 2.24) is 0 Å². The highest BCUT2D eigenvalue weighted by atomic mass is 28.3. The lowest BCUT2D eigenvalue weighted by Gasteiger charge is -2.32. The summed E-state index contributed by atoms with van der Waals surface area (Å²) in [4.78, 5) is 4.73. The Balaban J connectivity index is 1.49. The lowest BCUT2D eigenvalue weighted by molar-refractivity contribution is 0.875. The first-order valence-corrected chi connectivity index (χ1v) is 23.4. The van der Waals surface area contributed by atoms with Crippen molar-refractivity contribution in [1.29, 1.82) is 10.5 Å². The molecule has 8 aromatic rings. The summed E-state index contributed by atoms with van der Waals surface area (Å²) in [6.07, 6.45) is 0. The van der Waals surface area contributed by atoms with Crippen molar-refractivity contribution in [2.45, 2.75) is 66.1 Å². The summed E-state index contributed by atoms with van der Waals surface area (Å²) in [6.45, 7) is 18.4. The van der Waals surface area contributed by atoms with E-state index < -0.39 is 8.07 Å². The minimum Gasteiger partial charge on any atom is -0.310 e. The molecule has 0 radical (unpaired) electrons. The van der Waals surface area contributed by atoms with E-state index in [1.807, 2.05) is 24.3 Å². The number of hydrogen-bond acceptors (Lipinski definition) is 4. The maximum Gasteiger partial charge on any atom is 0.0991 e. The van der Waals surface area contributed by atoms with Gasteiger partial charge in [0.25, 0.3) is 0 Å². The van der Waals surface area contributed by atoms with Crippen LogP contribution in [0.3, 0.4) is 0 Å². The Hall–Kier alpha value is -6.40. The summed E-state index contributed by atoms with van der Waals surface area (Å²) in [5, 5.41) is 28.2. The molecule has 0 heterocycles. The van der Waals surface area contributed by atoms with Crippen LogP contribution in [0.15, 0.2) is 133 Å². The molecule has 8 aromatic carbocycles. The number of aryl methyl sites for hydroxylation is 1. The van der Waals surface area contributed by atoms with Crippen LogP contribution in [-0.2, 0) is 0 Å². The van der Waals surface area contributed by atoms with Crippen LogP contribution in [-0.4, -0.2) is 8.07 Å². The Morgan fingerprint density at radius 1 is 0.456 bits per heavy atom. The molecular weight excluding hydrogens is 709 g/mol. The topological polar surface area (TPSA) is 54.1 Å². The molecule has 0 unspecified atom stereocenters. The highest BCUT2D eigenvalue weighted by molar-refractivity contribution is 6.88. The van der Waals surface area contributed by atoms with Crippen molar-refractivity contribution >= 4 is 79.7 Å². The number of rotatable bonds is 9. The molecule has 0 saturated heterocycles. The Labute approximate surface area is 338 Å². The van der Waals surface area contributed by atoms with E-state index >= 15 is 0 Å². The molecule has 0 aliphatic carbocycles. The van der Waals surface area contributed by atoms with Crippen LogP contribution in [0.4, 0.5) is 34.1 Å². The Bertz CT molecular complexity index is 2830. The van der Waals surface area contributed by atoms with Crippen LogP contribution in [0, 0.1) is 29.6 Å². The minimum absolute atomic E-state index is 0.261. The van der Waals surface area contributed by atoms with Crippen LogP contribution in [0.2, 0.25) is 19.6 Å². The minimum atomic E-state index is -1.53. The third-order valence-electron chi connectivity index (χ3n) is 11.4. The van der Waals surface area contributed by atoms with Crippen molar-refractivity contribution in [2.24, 2.45) is 0 Å². The fraction of sp³-hybridized carbons (Fsp3) is 0.192.